The average Bonchev–Trinajstić information content (AvgIpc) is 2.30. The van der Waals surface area contributed by atoms with Gasteiger partial charge in [0, 0.05) is 11.3 Å². The highest BCUT2D eigenvalue weighted by molar-refractivity contribution is 6.28. The molecule has 1 aliphatic rings. The fourth-order valence-corrected chi connectivity index (χ4v) is 1.92. The Morgan fingerprint density at radius 1 is 1.44 bits per heavy atom. The summed E-state index contributed by atoms with van der Waals surface area (Å²) in [6, 6.07) is 7.15. The summed E-state index contributed by atoms with van der Waals surface area (Å²) in [5.41, 5.74) is 7.52. The van der Waals surface area contributed by atoms with Crippen LogP contribution in [0, 0.1) is 0 Å². The monoisotopic (exact) mass is 234 g/mol. The molecule has 1 aliphatic heterocycles. The van der Waals surface area contributed by atoms with E-state index in [0.29, 0.717) is 11.3 Å². The maximum atomic E-state index is 11.0. The summed E-state index contributed by atoms with van der Waals surface area (Å²) < 4.78 is 0. The second-order valence-corrected chi connectivity index (χ2v) is 4.09. The summed E-state index contributed by atoms with van der Waals surface area (Å²) in [5.74, 6) is 0. The highest BCUT2D eigenvalue weighted by Crippen LogP contribution is 2.35. The van der Waals surface area contributed by atoms with Crippen LogP contribution in [0.15, 0.2) is 48.2 Å². The Balaban J connectivity index is 2.50. The van der Waals surface area contributed by atoms with Gasteiger partial charge in [-0.15, -0.1) is 0 Å². The van der Waals surface area contributed by atoms with Gasteiger partial charge in [0.1, 0.15) is 6.29 Å². The lowest BCUT2D eigenvalue weighted by atomic mass is 9.96. The van der Waals surface area contributed by atoms with Crippen LogP contribution in [-0.4, -0.2) is 6.29 Å². The molecule has 2 rings (SSSR count). The predicted octanol–water partition coefficient (Wildman–Crippen LogP) is 1.90. The van der Waals surface area contributed by atoms with E-state index in [2.05, 4.69) is 5.32 Å². The number of nitrogen functional groups attached to an aromatic ring is 1. The third kappa shape index (κ3) is 1.70. The number of rotatable bonds is 2. The molecule has 0 spiro atoms. The Hall–Kier alpha value is -1.74. The zero-order valence-corrected chi connectivity index (χ0v) is 9.24. The van der Waals surface area contributed by atoms with Crippen LogP contribution in [0.1, 0.15) is 5.56 Å². The van der Waals surface area contributed by atoms with E-state index < -0.39 is 5.00 Å². The molecule has 1 aromatic carbocycles. The zero-order chi connectivity index (χ0) is 11.6. The number of benzene rings is 1. The first kappa shape index (κ1) is 10.8. The molecule has 0 saturated carbocycles. The van der Waals surface area contributed by atoms with Crippen LogP contribution in [0.5, 0.6) is 0 Å². The van der Waals surface area contributed by atoms with Gasteiger partial charge >= 0.3 is 0 Å². The number of hydrogen-bond donors (Lipinski definition) is 2. The van der Waals surface area contributed by atoms with Gasteiger partial charge in [-0.05, 0) is 30.0 Å². The number of halogens is 1. The van der Waals surface area contributed by atoms with E-state index in [9.17, 15) is 4.79 Å². The van der Waals surface area contributed by atoms with Crippen LogP contribution in [0.25, 0.3) is 0 Å². The van der Waals surface area contributed by atoms with Crippen molar-refractivity contribution in [1.82, 2.24) is 5.32 Å². The van der Waals surface area contributed by atoms with Crippen molar-refractivity contribution in [1.29, 1.82) is 0 Å². The number of nitrogens with two attached hydrogens (primary N) is 1. The summed E-state index contributed by atoms with van der Waals surface area (Å²) in [4.78, 5) is 9.95. The van der Waals surface area contributed by atoms with Gasteiger partial charge in [0.05, 0.1) is 0 Å². The molecule has 1 aromatic rings. The Morgan fingerprint density at radius 3 is 2.94 bits per heavy atom. The SMILES string of the molecule is Nc1cccc(C2(Cl)NC=CC=C2C=O)c1. The number of alkyl halides is 1. The molecule has 0 saturated heterocycles. The van der Waals surface area contributed by atoms with Gasteiger partial charge in [0.15, 0.2) is 5.00 Å². The standard InChI is InChI=1S/C12H11ClN2O/c13-12(9-3-1-5-11(14)7-9)10(8-16)4-2-6-15-12/h1-8,15H,14H2. The molecule has 1 heterocycles. The molecule has 1 unspecified atom stereocenters. The Bertz CT molecular complexity index is 482. The largest absolute Gasteiger partial charge is 0.399 e. The second kappa shape index (κ2) is 4.02. The molecular weight excluding hydrogens is 224 g/mol. The van der Waals surface area contributed by atoms with Crippen LogP contribution in [0.3, 0.4) is 0 Å². The van der Waals surface area contributed by atoms with Gasteiger partial charge < -0.3 is 11.1 Å². The van der Waals surface area contributed by atoms with Crippen molar-refractivity contribution in [2.24, 2.45) is 0 Å². The molecule has 4 heteroatoms. The fourth-order valence-electron chi connectivity index (χ4n) is 1.64. The zero-order valence-electron chi connectivity index (χ0n) is 8.48. The fraction of sp³-hybridized carbons (Fsp3) is 0.0833. The van der Waals surface area contributed by atoms with Gasteiger partial charge in [-0.2, -0.15) is 0 Å². The Kier molecular flexibility index (Phi) is 2.71. The smallest absolute Gasteiger partial charge is 0.167 e. The Labute approximate surface area is 98.6 Å². The quantitative estimate of drug-likeness (QED) is 0.356. The average molecular weight is 235 g/mol. The number of hydrogen-bond acceptors (Lipinski definition) is 3. The first-order valence-corrected chi connectivity index (χ1v) is 5.20. The summed E-state index contributed by atoms with van der Waals surface area (Å²) in [7, 11) is 0. The molecule has 3 N–H and O–H groups in total. The first-order chi connectivity index (χ1) is 7.66. The lowest BCUT2D eigenvalue weighted by Gasteiger charge is -2.30. The van der Waals surface area contributed by atoms with Gasteiger partial charge in [0.25, 0.3) is 0 Å². The highest BCUT2D eigenvalue weighted by Gasteiger charge is 2.34. The van der Waals surface area contributed by atoms with Crippen molar-refractivity contribution >= 4 is 23.6 Å². The van der Waals surface area contributed by atoms with Crippen LogP contribution in [-0.2, 0) is 9.79 Å². The third-order valence-electron chi connectivity index (χ3n) is 2.46. The summed E-state index contributed by atoms with van der Waals surface area (Å²) in [5, 5.41) is 2.97. The highest BCUT2D eigenvalue weighted by atomic mass is 35.5. The van der Waals surface area contributed by atoms with E-state index in [1.54, 1.807) is 36.6 Å². The lowest BCUT2D eigenvalue weighted by molar-refractivity contribution is -0.105. The van der Waals surface area contributed by atoms with Crippen molar-refractivity contribution in [3.63, 3.8) is 0 Å². The first-order valence-electron chi connectivity index (χ1n) is 4.82. The normalized spacial score (nSPS) is 23.4. The lowest BCUT2D eigenvalue weighted by Crippen LogP contribution is -2.37. The van der Waals surface area contributed by atoms with Gasteiger partial charge in [-0.3, -0.25) is 4.79 Å². The number of aldehydes is 1. The molecule has 0 amide bonds. The molecule has 3 nitrogen and oxygen atoms in total. The number of carbonyl (C=O) groups excluding carboxylic acids is 1. The van der Waals surface area contributed by atoms with Crippen molar-refractivity contribution in [2.75, 3.05) is 5.73 Å². The minimum absolute atomic E-state index is 0.460. The van der Waals surface area contributed by atoms with Crippen molar-refractivity contribution in [2.45, 2.75) is 5.00 Å². The number of nitrogens with one attached hydrogen (secondary N) is 1. The number of dihydropyridines is 1. The van der Waals surface area contributed by atoms with E-state index in [0.717, 1.165) is 11.8 Å². The van der Waals surface area contributed by atoms with Crippen molar-refractivity contribution in [3.05, 3.63) is 53.8 Å². The van der Waals surface area contributed by atoms with E-state index in [4.69, 9.17) is 17.3 Å². The second-order valence-electron chi connectivity index (χ2n) is 3.53. The van der Waals surface area contributed by atoms with Crippen LogP contribution >= 0.6 is 11.6 Å². The molecule has 1 atom stereocenters. The Morgan fingerprint density at radius 2 is 2.25 bits per heavy atom. The van der Waals surface area contributed by atoms with Gasteiger partial charge in [0.2, 0.25) is 0 Å². The summed E-state index contributed by atoms with van der Waals surface area (Å²) in [6.07, 6.45) is 5.85. The molecule has 16 heavy (non-hydrogen) atoms. The maximum absolute atomic E-state index is 11.0. The van der Waals surface area contributed by atoms with Crippen molar-refractivity contribution in [3.8, 4) is 0 Å². The molecule has 0 bridgehead atoms. The third-order valence-corrected chi connectivity index (χ3v) is 3.01. The van der Waals surface area contributed by atoms with E-state index in [1.165, 1.54) is 0 Å². The molecule has 0 aliphatic carbocycles. The van der Waals surface area contributed by atoms with E-state index in [-0.39, 0.29) is 0 Å². The van der Waals surface area contributed by atoms with E-state index >= 15 is 0 Å². The molecule has 82 valence electrons. The topological polar surface area (TPSA) is 55.1 Å². The minimum Gasteiger partial charge on any atom is -0.399 e. The number of allylic oxidation sites excluding steroid dienone is 2. The van der Waals surface area contributed by atoms with Crippen LogP contribution < -0.4 is 11.1 Å². The van der Waals surface area contributed by atoms with Gasteiger partial charge in [-0.1, -0.05) is 29.8 Å². The molecule has 0 radical (unpaired) electrons. The molecule has 0 fully saturated rings. The number of anilines is 1. The van der Waals surface area contributed by atoms with Gasteiger partial charge in [-0.25, -0.2) is 0 Å². The summed E-state index contributed by atoms with van der Waals surface area (Å²) in [6.45, 7) is 0. The van der Waals surface area contributed by atoms with Crippen LogP contribution in [0.4, 0.5) is 5.69 Å². The molecule has 0 aromatic heterocycles. The maximum Gasteiger partial charge on any atom is 0.167 e. The predicted molar refractivity (Wildman–Crippen MR) is 64.8 cm³/mol. The number of carbonyl (C=O) groups is 1. The molecular formula is C12H11ClN2O. The minimum atomic E-state index is -1.02. The van der Waals surface area contributed by atoms with Crippen molar-refractivity contribution < 1.29 is 4.79 Å². The van der Waals surface area contributed by atoms with E-state index in [1.807, 2.05) is 6.07 Å². The summed E-state index contributed by atoms with van der Waals surface area (Å²) >= 11 is 6.42. The van der Waals surface area contributed by atoms with Crippen LogP contribution in [0.2, 0.25) is 0 Å².